The Hall–Kier alpha value is -2.45. The first kappa shape index (κ1) is 16.0. The first-order chi connectivity index (χ1) is 12.1. The predicted molar refractivity (Wildman–Crippen MR) is 99.1 cm³/mol. The highest BCUT2D eigenvalue weighted by Gasteiger charge is 2.26. The number of aryl methyl sites for hydroxylation is 1. The van der Waals surface area contributed by atoms with Crippen molar-refractivity contribution in [2.45, 2.75) is 13.0 Å². The third-order valence-corrected chi connectivity index (χ3v) is 5.87. The molecule has 1 atom stereocenters. The molecule has 0 spiro atoms. The van der Waals surface area contributed by atoms with Crippen LogP contribution in [0.2, 0.25) is 0 Å². The molecule has 0 bridgehead atoms. The number of carboxylic acids is 1. The zero-order valence-corrected chi connectivity index (χ0v) is 14.8. The molecule has 25 heavy (non-hydrogen) atoms. The Balaban J connectivity index is 1.63. The molecule has 126 valence electrons. The summed E-state index contributed by atoms with van der Waals surface area (Å²) in [5.74, 6) is 0.982. The van der Waals surface area contributed by atoms with Gasteiger partial charge in [-0.3, -0.25) is 9.98 Å². The number of benzene rings is 1. The summed E-state index contributed by atoms with van der Waals surface area (Å²) in [5.41, 5.74) is 1.67. The van der Waals surface area contributed by atoms with Crippen LogP contribution in [-0.2, 0) is 4.79 Å². The molecule has 0 radical (unpaired) electrons. The highest BCUT2D eigenvalue weighted by atomic mass is 32.2. The number of aromatic nitrogens is 2. The lowest BCUT2D eigenvalue weighted by molar-refractivity contribution is -0.137. The Bertz CT molecular complexity index is 1000. The van der Waals surface area contributed by atoms with Crippen molar-refractivity contribution in [1.82, 2.24) is 9.97 Å². The maximum absolute atomic E-state index is 11.0. The first-order valence-corrected chi connectivity index (χ1v) is 9.34. The molecule has 3 heterocycles. The number of aliphatic imine (C=N–C) groups is 1. The molecule has 1 aromatic carbocycles. The van der Waals surface area contributed by atoms with Crippen LogP contribution in [-0.4, -0.2) is 37.9 Å². The molecule has 1 aliphatic heterocycles. The lowest BCUT2D eigenvalue weighted by Gasteiger charge is -2.07. The first-order valence-electron chi connectivity index (χ1n) is 7.54. The van der Waals surface area contributed by atoms with Crippen molar-refractivity contribution in [2.75, 3.05) is 5.75 Å². The predicted octanol–water partition coefficient (Wildman–Crippen LogP) is 3.74. The van der Waals surface area contributed by atoms with Crippen LogP contribution in [0.15, 0.2) is 41.5 Å². The fourth-order valence-electron chi connectivity index (χ4n) is 2.38. The molecule has 3 aromatic rings. The van der Waals surface area contributed by atoms with Gasteiger partial charge in [0.1, 0.15) is 21.6 Å². The second kappa shape index (κ2) is 6.45. The van der Waals surface area contributed by atoms with Gasteiger partial charge in [0.2, 0.25) is 0 Å². The quantitative estimate of drug-likeness (QED) is 0.752. The molecular weight excluding hydrogens is 358 g/mol. The lowest BCUT2D eigenvalue weighted by atomic mass is 10.3. The average Bonchev–Trinajstić information content (AvgIpc) is 3.23. The summed E-state index contributed by atoms with van der Waals surface area (Å²) >= 11 is 2.92. The number of hydrogen-bond acceptors (Lipinski definition) is 7. The molecule has 0 saturated heterocycles. The van der Waals surface area contributed by atoms with Crippen LogP contribution in [0.3, 0.4) is 0 Å². The largest absolute Gasteiger partial charge is 0.480 e. The van der Waals surface area contributed by atoms with Gasteiger partial charge in [0.05, 0.1) is 15.9 Å². The standard InChI is InChI=1S/C17H13N3O3S2/c1-9-13(3-2-6-18-9)23-10-4-5-11-14(7-10)25-16(19-11)15-20-12(8-24-15)17(21)22/h2-7,12H,8H2,1H3,(H,21,22). The van der Waals surface area contributed by atoms with E-state index in [-0.39, 0.29) is 0 Å². The summed E-state index contributed by atoms with van der Waals surface area (Å²) in [4.78, 5) is 24.1. The van der Waals surface area contributed by atoms with E-state index < -0.39 is 12.0 Å². The van der Waals surface area contributed by atoms with Gasteiger partial charge >= 0.3 is 5.97 Å². The fourth-order valence-corrected chi connectivity index (χ4v) is 4.47. The summed E-state index contributed by atoms with van der Waals surface area (Å²) < 4.78 is 6.87. The van der Waals surface area contributed by atoms with Gasteiger partial charge in [-0.2, -0.15) is 0 Å². The van der Waals surface area contributed by atoms with Gasteiger partial charge in [-0.15, -0.1) is 23.1 Å². The Morgan fingerprint density at radius 1 is 1.36 bits per heavy atom. The van der Waals surface area contributed by atoms with Crippen molar-refractivity contribution in [3.63, 3.8) is 0 Å². The Morgan fingerprint density at radius 3 is 3.00 bits per heavy atom. The third-order valence-electron chi connectivity index (χ3n) is 3.67. The van der Waals surface area contributed by atoms with E-state index in [0.29, 0.717) is 22.3 Å². The molecule has 1 aliphatic rings. The van der Waals surface area contributed by atoms with Gasteiger partial charge in [-0.25, -0.2) is 9.78 Å². The minimum absolute atomic E-state index is 0.454. The maximum atomic E-state index is 11.0. The van der Waals surface area contributed by atoms with Crippen molar-refractivity contribution in [3.05, 3.63) is 47.2 Å². The van der Waals surface area contributed by atoms with Crippen LogP contribution in [0, 0.1) is 6.92 Å². The molecule has 6 nitrogen and oxygen atoms in total. The van der Waals surface area contributed by atoms with Gasteiger partial charge in [0, 0.05) is 18.0 Å². The van der Waals surface area contributed by atoms with Crippen molar-refractivity contribution in [1.29, 1.82) is 0 Å². The highest BCUT2D eigenvalue weighted by Crippen LogP contribution is 2.33. The fraction of sp³-hybridized carbons (Fsp3) is 0.176. The zero-order valence-electron chi connectivity index (χ0n) is 13.2. The lowest BCUT2D eigenvalue weighted by Crippen LogP contribution is -2.17. The van der Waals surface area contributed by atoms with E-state index in [9.17, 15) is 4.79 Å². The van der Waals surface area contributed by atoms with Crippen LogP contribution in [0.1, 0.15) is 10.7 Å². The van der Waals surface area contributed by atoms with Crippen molar-refractivity contribution in [3.8, 4) is 11.5 Å². The number of ether oxygens (including phenoxy) is 1. The smallest absolute Gasteiger partial charge is 0.329 e. The number of fused-ring (bicyclic) bond motifs is 1. The number of hydrogen-bond donors (Lipinski definition) is 1. The van der Waals surface area contributed by atoms with E-state index in [0.717, 1.165) is 20.9 Å². The number of thioether (sulfide) groups is 1. The summed E-state index contributed by atoms with van der Waals surface area (Å²) in [6.07, 6.45) is 1.73. The van der Waals surface area contributed by atoms with E-state index in [1.54, 1.807) is 6.20 Å². The molecule has 0 saturated carbocycles. The zero-order chi connectivity index (χ0) is 17.4. The van der Waals surface area contributed by atoms with Crippen LogP contribution in [0.4, 0.5) is 0 Å². The number of carbonyl (C=O) groups is 1. The number of carboxylic acid groups (broad SMARTS) is 1. The molecule has 0 fully saturated rings. The van der Waals surface area contributed by atoms with E-state index in [4.69, 9.17) is 9.84 Å². The van der Waals surface area contributed by atoms with Gasteiger partial charge in [-0.1, -0.05) is 0 Å². The molecule has 1 N–H and O–H groups in total. The topological polar surface area (TPSA) is 84.7 Å². The Morgan fingerprint density at radius 2 is 2.24 bits per heavy atom. The normalized spacial score (nSPS) is 16.8. The minimum Gasteiger partial charge on any atom is -0.480 e. The average molecular weight is 371 g/mol. The molecule has 0 aliphatic carbocycles. The van der Waals surface area contributed by atoms with Gasteiger partial charge < -0.3 is 9.84 Å². The molecule has 1 unspecified atom stereocenters. The van der Waals surface area contributed by atoms with Crippen LogP contribution < -0.4 is 4.74 Å². The van der Waals surface area contributed by atoms with Gasteiger partial charge in [0.15, 0.2) is 6.04 Å². The number of pyridine rings is 1. The molecule has 4 rings (SSSR count). The Kier molecular flexibility index (Phi) is 4.14. The second-order valence-electron chi connectivity index (χ2n) is 5.44. The summed E-state index contributed by atoms with van der Waals surface area (Å²) in [7, 11) is 0. The van der Waals surface area contributed by atoms with Crippen molar-refractivity contribution >= 4 is 44.3 Å². The monoisotopic (exact) mass is 371 g/mol. The number of aliphatic carboxylic acids is 1. The van der Waals surface area contributed by atoms with E-state index in [2.05, 4.69) is 15.0 Å². The van der Waals surface area contributed by atoms with Crippen LogP contribution in [0.25, 0.3) is 10.2 Å². The highest BCUT2D eigenvalue weighted by molar-refractivity contribution is 8.15. The third kappa shape index (κ3) is 3.22. The van der Waals surface area contributed by atoms with Crippen molar-refractivity contribution in [2.24, 2.45) is 4.99 Å². The van der Waals surface area contributed by atoms with Crippen LogP contribution in [0.5, 0.6) is 11.5 Å². The summed E-state index contributed by atoms with van der Waals surface area (Å²) in [5, 5.41) is 10.5. The van der Waals surface area contributed by atoms with E-state index >= 15 is 0 Å². The molecule has 8 heteroatoms. The van der Waals surface area contributed by atoms with Crippen LogP contribution >= 0.6 is 23.1 Å². The second-order valence-corrected chi connectivity index (χ2v) is 7.48. The van der Waals surface area contributed by atoms with E-state index in [1.807, 2.05) is 37.3 Å². The number of thiazole rings is 1. The van der Waals surface area contributed by atoms with Gasteiger partial charge in [-0.05, 0) is 31.2 Å². The summed E-state index contributed by atoms with van der Waals surface area (Å²) in [6.45, 7) is 1.90. The SMILES string of the molecule is Cc1ncccc1Oc1ccc2nc(C3=NC(C(=O)O)CS3)sc2c1. The number of rotatable bonds is 4. The van der Waals surface area contributed by atoms with Crippen molar-refractivity contribution < 1.29 is 14.6 Å². The van der Waals surface area contributed by atoms with E-state index in [1.165, 1.54) is 23.1 Å². The molecule has 0 amide bonds. The molecule has 2 aromatic heterocycles. The minimum atomic E-state index is -0.897. The van der Waals surface area contributed by atoms with Gasteiger partial charge in [0.25, 0.3) is 0 Å². The molecular formula is C17H13N3O3S2. The maximum Gasteiger partial charge on any atom is 0.329 e. The Labute approximate surface area is 151 Å². The number of nitrogens with zero attached hydrogens (tertiary/aromatic N) is 3. The summed E-state index contributed by atoms with van der Waals surface area (Å²) in [6, 6.07) is 8.71.